The number of carbonyl (C=O) groups is 2. The normalized spacial score (nSPS) is 39.8. The van der Waals surface area contributed by atoms with E-state index in [4.69, 9.17) is 9.57 Å². The number of hydrogen-bond acceptors (Lipinski definition) is 8. The Balaban J connectivity index is 0.925. The highest BCUT2D eigenvalue weighted by Gasteiger charge is 2.41. The summed E-state index contributed by atoms with van der Waals surface area (Å²) in [5.74, 6) is 2.00. The van der Waals surface area contributed by atoms with E-state index in [0.717, 1.165) is 45.3 Å². The molecule has 0 aromatic carbocycles. The molecule has 2 aliphatic carbocycles. The number of amides is 2. The summed E-state index contributed by atoms with van der Waals surface area (Å²) in [6, 6.07) is 0.251. The highest BCUT2D eigenvalue weighted by Crippen LogP contribution is 2.39. The molecule has 0 spiro atoms. The van der Waals surface area contributed by atoms with Crippen LogP contribution in [0, 0.1) is 23.7 Å². The van der Waals surface area contributed by atoms with Crippen LogP contribution in [0.15, 0.2) is 0 Å². The van der Waals surface area contributed by atoms with Crippen LogP contribution in [0.5, 0.6) is 0 Å². The Morgan fingerprint density at radius 3 is 2.91 bits per heavy atom. The summed E-state index contributed by atoms with van der Waals surface area (Å²) < 4.78 is 5.82. The van der Waals surface area contributed by atoms with E-state index < -0.39 is 0 Å². The minimum Gasteiger partial charge on any atom is -0.378 e. The number of nitrogens with one attached hydrogen (secondary N) is 6. The van der Waals surface area contributed by atoms with Gasteiger partial charge in [0, 0.05) is 44.6 Å². The van der Waals surface area contributed by atoms with Crippen molar-refractivity contribution in [3.8, 4) is 0 Å². The molecule has 3 heterocycles. The third kappa shape index (κ3) is 5.91. The van der Waals surface area contributed by atoms with E-state index in [1.165, 1.54) is 19.3 Å². The second-order valence-electron chi connectivity index (χ2n) is 10.8. The van der Waals surface area contributed by atoms with Gasteiger partial charge in [-0.25, -0.2) is 5.43 Å². The maximum Gasteiger partial charge on any atom is 0.237 e. The van der Waals surface area contributed by atoms with Crippen LogP contribution in [0.25, 0.3) is 0 Å². The molecular formula is C24H42N6O4. The molecule has 3 saturated heterocycles. The number of ether oxygens (including phenoxy) is 1. The van der Waals surface area contributed by atoms with Crippen molar-refractivity contribution < 1.29 is 19.2 Å². The number of rotatable bonds is 9. The van der Waals surface area contributed by atoms with E-state index in [9.17, 15) is 9.59 Å². The second kappa shape index (κ2) is 11.6. The van der Waals surface area contributed by atoms with E-state index in [2.05, 4.69) is 32.3 Å². The zero-order chi connectivity index (χ0) is 23.3. The Bertz CT molecular complexity index is 711. The fourth-order valence-corrected chi connectivity index (χ4v) is 6.70. The Morgan fingerprint density at radius 2 is 1.97 bits per heavy atom. The lowest BCUT2D eigenvalue weighted by Crippen LogP contribution is -2.62. The van der Waals surface area contributed by atoms with Crippen LogP contribution in [0.4, 0.5) is 0 Å². The summed E-state index contributed by atoms with van der Waals surface area (Å²) in [6.45, 7) is 3.01. The largest absolute Gasteiger partial charge is 0.378 e. The lowest BCUT2D eigenvalue weighted by Gasteiger charge is -2.41. The lowest BCUT2D eigenvalue weighted by atomic mass is 9.74. The van der Waals surface area contributed by atoms with Crippen molar-refractivity contribution in [2.45, 2.75) is 88.7 Å². The summed E-state index contributed by atoms with van der Waals surface area (Å²) in [7, 11) is 0. The molecule has 0 aromatic rings. The van der Waals surface area contributed by atoms with E-state index in [-0.39, 0.29) is 36.2 Å². The molecule has 192 valence electrons. The molecule has 6 N–H and O–H groups in total. The molecule has 3 aliphatic heterocycles. The van der Waals surface area contributed by atoms with Crippen molar-refractivity contribution in [1.82, 2.24) is 32.3 Å². The Morgan fingerprint density at radius 1 is 1.06 bits per heavy atom. The zero-order valence-electron chi connectivity index (χ0n) is 20.2. The van der Waals surface area contributed by atoms with Crippen LogP contribution < -0.4 is 32.3 Å². The van der Waals surface area contributed by atoms with Gasteiger partial charge in [0.2, 0.25) is 11.8 Å². The molecule has 0 bridgehead atoms. The minimum absolute atomic E-state index is 0.0506. The molecule has 5 aliphatic rings. The fraction of sp³-hybridized carbons (Fsp3) is 0.917. The van der Waals surface area contributed by atoms with Gasteiger partial charge in [0.15, 0.2) is 0 Å². The molecule has 0 radical (unpaired) electrons. The maximum atomic E-state index is 12.3. The van der Waals surface area contributed by atoms with Gasteiger partial charge >= 0.3 is 0 Å². The van der Waals surface area contributed by atoms with Crippen LogP contribution in [-0.2, 0) is 19.2 Å². The van der Waals surface area contributed by atoms with Crippen LogP contribution in [0.3, 0.4) is 0 Å². The first-order valence-electron chi connectivity index (χ1n) is 13.5. The predicted octanol–water partition coefficient (Wildman–Crippen LogP) is 0.264. The molecule has 10 nitrogen and oxygen atoms in total. The maximum absolute atomic E-state index is 12.3. The van der Waals surface area contributed by atoms with Crippen molar-refractivity contribution in [3.05, 3.63) is 0 Å². The summed E-state index contributed by atoms with van der Waals surface area (Å²) in [6.07, 6.45) is 10.7. The minimum atomic E-state index is -0.123. The first-order valence-corrected chi connectivity index (χ1v) is 13.5. The van der Waals surface area contributed by atoms with Gasteiger partial charge < -0.3 is 15.4 Å². The molecule has 8 atom stereocenters. The molecule has 5 fully saturated rings. The molecule has 0 aromatic heterocycles. The van der Waals surface area contributed by atoms with Crippen LogP contribution in [-0.4, -0.2) is 62.6 Å². The number of hydrogen-bond donors (Lipinski definition) is 6. The van der Waals surface area contributed by atoms with Crippen molar-refractivity contribution in [2.24, 2.45) is 23.7 Å². The van der Waals surface area contributed by atoms with Gasteiger partial charge in [-0.15, -0.1) is 0 Å². The average molecular weight is 479 g/mol. The third-order valence-corrected chi connectivity index (χ3v) is 8.62. The van der Waals surface area contributed by atoms with Crippen molar-refractivity contribution in [3.63, 3.8) is 0 Å². The van der Waals surface area contributed by atoms with Gasteiger partial charge in [-0.1, -0.05) is 12.8 Å². The molecule has 5 rings (SSSR count). The first-order chi connectivity index (χ1) is 16.7. The molecular weight excluding hydrogens is 436 g/mol. The van der Waals surface area contributed by atoms with E-state index in [1.54, 1.807) is 0 Å². The summed E-state index contributed by atoms with van der Waals surface area (Å²) in [5.41, 5.74) is 9.18. The van der Waals surface area contributed by atoms with Gasteiger partial charge in [0.05, 0.1) is 12.3 Å². The van der Waals surface area contributed by atoms with E-state index in [1.807, 2.05) is 0 Å². The smallest absolute Gasteiger partial charge is 0.237 e. The standard InChI is InChI=1S/C24H42N6O4/c31-21(26-11-10-25-14-19-17-3-1-2-4-18(17)24(32)29-28-19)7-8-22-27-23(30-34-22)16-5-6-20-15(13-16)9-12-33-20/h15-20,22-23,25,27-28,30H,1-14H2,(H,26,31)(H,29,32). The molecule has 34 heavy (non-hydrogen) atoms. The molecule has 8 unspecified atom stereocenters. The highest BCUT2D eigenvalue weighted by molar-refractivity contribution is 5.79. The highest BCUT2D eigenvalue weighted by atomic mass is 16.7. The van der Waals surface area contributed by atoms with Gasteiger partial charge in [0.25, 0.3) is 0 Å². The van der Waals surface area contributed by atoms with Crippen LogP contribution in [0.2, 0.25) is 0 Å². The number of carbonyl (C=O) groups excluding carboxylic acids is 2. The van der Waals surface area contributed by atoms with E-state index >= 15 is 0 Å². The van der Waals surface area contributed by atoms with E-state index in [0.29, 0.717) is 49.8 Å². The molecule has 2 saturated carbocycles. The summed E-state index contributed by atoms with van der Waals surface area (Å²) in [4.78, 5) is 30.1. The number of fused-ring (bicyclic) bond motifs is 2. The number of hydroxylamine groups is 1. The van der Waals surface area contributed by atoms with Gasteiger partial charge in [-0.05, 0) is 62.7 Å². The Kier molecular flexibility index (Phi) is 8.34. The molecule has 10 heteroatoms. The van der Waals surface area contributed by atoms with Crippen LogP contribution in [0.1, 0.15) is 64.2 Å². The SMILES string of the molecule is O=C(CCC1NC(C2CCC3OCCC3C2)NO1)NCCNCC1NNC(=O)C2CCCCC12. The fourth-order valence-electron chi connectivity index (χ4n) is 6.70. The topological polar surface area (TPSA) is 125 Å². The van der Waals surface area contributed by atoms with Gasteiger partial charge in [0.1, 0.15) is 6.23 Å². The second-order valence-corrected chi connectivity index (χ2v) is 10.8. The van der Waals surface area contributed by atoms with Gasteiger partial charge in [-0.2, -0.15) is 5.48 Å². The first kappa shape index (κ1) is 24.4. The Labute approximate surface area is 202 Å². The number of hydrazine groups is 1. The van der Waals surface area contributed by atoms with Crippen molar-refractivity contribution >= 4 is 11.8 Å². The zero-order valence-corrected chi connectivity index (χ0v) is 20.2. The predicted molar refractivity (Wildman–Crippen MR) is 126 cm³/mol. The van der Waals surface area contributed by atoms with Crippen molar-refractivity contribution in [1.29, 1.82) is 0 Å². The Hall–Kier alpha value is -1.30. The summed E-state index contributed by atoms with van der Waals surface area (Å²) >= 11 is 0. The van der Waals surface area contributed by atoms with Crippen molar-refractivity contribution in [2.75, 3.05) is 26.2 Å². The van der Waals surface area contributed by atoms with Crippen LogP contribution >= 0.6 is 0 Å². The molecule has 2 amide bonds. The average Bonchev–Trinajstić information content (AvgIpc) is 3.53. The third-order valence-electron chi connectivity index (χ3n) is 8.62. The quantitative estimate of drug-likeness (QED) is 0.261. The monoisotopic (exact) mass is 478 g/mol. The van der Waals surface area contributed by atoms with Gasteiger partial charge in [-0.3, -0.25) is 25.2 Å². The summed E-state index contributed by atoms with van der Waals surface area (Å²) in [5, 5.41) is 9.96. The lowest BCUT2D eigenvalue weighted by molar-refractivity contribution is -0.133.